The van der Waals surface area contributed by atoms with Crippen LogP contribution in [0, 0.1) is 10.5 Å². The fraction of sp³-hybridized carbons (Fsp3) is 0.0714. The van der Waals surface area contributed by atoms with Crippen LogP contribution in [-0.4, -0.2) is 5.91 Å². The van der Waals surface area contributed by atoms with Crippen LogP contribution in [0.5, 0.6) is 0 Å². The van der Waals surface area contributed by atoms with Crippen molar-refractivity contribution in [3.8, 4) is 0 Å². The van der Waals surface area contributed by atoms with Gasteiger partial charge in [0.05, 0.1) is 5.56 Å². The molecule has 0 saturated heterocycles. The highest BCUT2D eigenvalue weighted by Crippen LogP contribution is 2.24. The Morgan fingerprint density at radius 1 is 1.16 bits per heavy atom. The zero-order chi connectivity index (χ0) is 14.0. The van der Waals surface area contributed by atoms with Gasteiger partial charge in [-0.25, -0.2) is 0 Å². The third-order valence-electron chi connectivity index (χ3n) is 2.56. The fourth-order valence-corrected chi connectivity index (χ4v) is 2.78. The van der Waals surface area contributed by atoms with Gasteiger partial charge < -0.3 is 5.32 Å². The molecule has 0 bridgehead atoms. The number of rotatable bonds is 2. The molecule has 0 radical (unpaired) electrons. The largest absolute Gasteiger partial charge is 0.322 e. The molecule has 19 heavy (non-hydrogen) atoms. The average molecular weight is 406 g/mol. The van der Waals surface area contributed by atoms with Crippen molar-refractivity contribution in [1.82, 2.24) is 0 Å². The van der Waals surface area contributed by atoms with Crippen molar-refractivity contribution in [2.24, 2.45) is 0 Å². The van der Waals surface area contributed by atoms with E-state index < -0.39 is 0 Å². The predicted octanol–water partition coefficient (Wildman–Crippen LogP) is 5.16. The molecule has 2 aromatic carbocycles. The van der Waals surface area contributed by atoms with E-state index in [0.29, 0.717) is 21.3 Å². The van der Waals surface area contributed by atoms with E-state index in [1.54, 1.807) is 24.3 Å². The summed E-state index contributed by atoms with van der Waals surface area (Å²) in [6.07, 6.45) is 0. The molecule has 2 rings (SSSR count). The van der Waals surface area contributed by atoms with Crippen molar-refractivity contribution in [2.75, 3.05) is 5.32 Å². The van der Waals surface area contributed by atoms with Gasteiger partial charge >= 0.3 is 0 Å². The SMILES string of the molecule is Cc1cccc(C(=O)Nc2cc(Cl)cc(Cl)c2)c1I. The molecule has 2 aromatic rings. The van der Waals surface area contributed by atoms with Crippen molar-refractivity contribution in [1.29, 1.82) is 0 Å². The Morgan fingerprint density at radius 2 is 1.79 bits per heavy atom. The number of anilines is 1. The summed E-state index contributed by atoms with van der Waals surface area (Å²) in [5.74, 6) is -0.175. The maximum absolute atomic E-state index is 12.2. The zero-order valence-corrected chi connectivity index (χ0v) is 13.7. The van der Waals surface area contributed by atoms with Crippen molar-refractivity contribution >= 4 is 57.4 Å². The van der Waals surface area contributed by atoms with E-state index in [-0.39, 0.29) is 5.91 Å². The lowest BCUT2D eigenvalue weighted by molar-refractivity contribution is 0.102. The molecule has 1 N–H and O–H groups in total. The number of aryl methyl sites for hydroxylation is 1. The summed E-state index contributed by atoms with van der Waals surface area (Å²) in [4.78, 5) is 12.2. The summed E-state index contributed by atoms with van der Waals surface area (Å²) < 4.78 is 0.936. The molecule has 0 unspecified atom stereocenters. The standard InChI is InChI=1S/C14H10Cl2INO/c1-8-3-2-4-12(13(8)17)14(19)18-11-6-9(15)5-10(16)7-11/h2-7H,1H3,(H,18,19). The van der Waals surface area contributed by atoms with E-state index in [4.69, 9.17) is 23.2 Å². The summed E-state index contributed by atoms with van der Waals surface area (Å²) in [6.45, 7) is 1.97. The summed E-state index contributed by atoms with van der Waals surface area (Å²) >= 11 is 14.0. The zero-order valence-electron chi connectivity index (χ0n) is 10.0. The first-order chi connectivity index (χ1) is 8.97. The van der Waals surface area contributed by atoms with Gasteiger partial charge in [0.1, 0.15) is 0 Å². The molecule has 0 aliphatic heterocycles. The minimum atomic E-state index is -0.175. The minimum absolute atomic E-state index is 0.175. The van der Waals surface area contributed by atoms with Crippen LogP contribution in [-0.2, 0) is 0 Å². The van der Waals surface area contributed by atoms with Gasteiger partial charge in [-0.1, -0.05) is 35.3 Å². The minimum Gasteiger partial charge on any atom is -0.322 e. The first-order valence-electron chi connectivity index (χ1n) is 5.50. The van der Waals surface area contributed by atoms with Gasteiger partial charge in [-0.05, 0) is 59.3 Å². The summed E-state index contributed by atoms with van der Waals surface area (Å²) in [7, 11) is 0. The number of nitrogens with one attached hydrogen (secondary N) is 1. The van der Waals surface area contributed by atoms with E-state index >= 15 is 0 Å². The molecular weight excluding hydrogens is 396 g/mol. The maximum atomic E-state index is 12.2. The summed E-state index contributed by atoms with van der Waals surface area (Å²) in [5, 5.41) is 3.77. The molecule has 0 spiro atoms. The topological polar surface area (TPSA) is 29.1 Å². The van der Waals surface area contributed by atoms with Crippen LogP contribution >= 0.6 is 45.8 Å². The van der Waals surface area contributed by atoms with Crippen molar-refractivity contribution in [2.45, 2.75) is 6.92 Å². The second kappa shape index (κ2) is 6.11. The van der Waals surface area contributed by atoms with E-state index in [0.717, 1.165) is 9.13 Å². The van der Waals surface area contributed by atoms with Crippen molar-refractivity contribution in [3.63, 3.8) is 0 Å². The number of carbonyl (C=O) groups excluding carboxylic acids is 1. The molecule has 0 aliphatic carbocycles. The van der Waals surface area contributed by atoms with Crippen LogP contribution in [0.15, 0.2) is 36.4 Å². The lowest BCUT2D eigenvalue weighted by atomic mass is 10.1. The van der Waals surface area contributed by atoms with E-state index in [2.05, 4.69) is 27.9 Å². The van der Waals surface area contributed by atoms with Gasteiger partial charge in [-0.15, -0.1) is 0 Å². The Bertz CT molecular complexity index is 623. The van der Waals surface area contributed by atoms with Gasteiger partial charge in [-0.2, -0.15) is 0 Å². The Balaban J connectivity index is 2.28. The number of carbonyl (C=O) groups is 1. The predicted molar refractivity (Wildman–Crippen MR) is 88.3 cm³/mol. The Hall–Kier alpha value is -0.780. The van der Waals surface area contributed by atoms with E-state index in [1.807, 2.05) is 19.1 Å². The normalized spacial score (nSPS) is 10.3. The quantitative estimate of drug-likeness (QED) is 0.687. The third-order valence-corrected chi connectivity index (χ3v) is 4.43. The van der Waals surface area contributed by atoms with Crippen LogP contribution in [0.3, 0.4) is 0 Å². The van der Waals surface area contributed by atoms with E-state index in [9.17, 15) is 4.79 Å². The number of amides is 1. The summed E-state index contributed by atoms with van der Waals surface area (Å²) in [5.41, 5.74) is 2.29. The Labute approximate surface area is 135 Å². The summed E-state index contributed by atoms with van der Waals surface area (Å²) in [6, 6.07) is 10.6. The van der Waals surface area contributed by atoms with Crippen LogP contribution in [0.1, 0.15) is 15.9 Å². The smallest absolute Gasteiger partial charge is 0.256 e. The number of hydrogen-bond donors (Lipinski definition) is 1. The van der Waals surface area contributed by atoms with Gasteiger partial charge in [-0.3, -0.25) is 4.79 Å². The molecule has 0 aliphatic rings. The second-order valence-corrected chi connectivity index (χ2v) is 6.00. The highest BCUT2D eigenvalue weighted by molar-refractivity contribution is 14.1. The number of hydrogen-bond acceptors (Lipinski definition) is 1. The molecule has 0 fully saturated rings. The first kappa shape index (κ1) is 14.6. The lowest BCUT2D eigenvalue weighted by Crippen LogP contribution is -2.13. The van der Waals surface area contributed by atoms with Gasteiger partial charge in [0.2, 0.25) is 0 Å². The number of halogens is 3. The van der Waals surface area contributed by atoms with Crippen LogP contribution in [0.25, 0.3) is 0 Å². The van der Waals surface area contributed by atoms with Crippen molar-refractivity contribution < 1.29 is 4.79 Å². The molecule has 0 atom stereocenters. The van der Waals surface area contributed by atoms with Gasteiger partial charge in [0.25, 0.3) is 5.91 Å². The van der Waals surface area contributed by atoms with Crippen molar-refractivity contribution in [3.05, 3.63) is 61.1 Å². The lowest BCUT2D eigenvalue weighted by Gasteiger charge is -2.09. The van der Waals surface area contributed by atoms with Gasteiger partial charge in [0, 0.05) is 19.3 Å². The molecule has 2 nitrogen and oxygen atoms in total. The molecular formula is C14H10Cl2INO. The number of benzene rings is 2. The Morgan fingerprint density at radius 3 is 2.42 bits per heavy atom. The highest BCUT2D eigenvalue weighted by Gasteiger charge is 2.11. The maximum Gasteiger partial charge on any atom is 0.256 e. The first-order valence-corrected chi connectivity index (χ1v) is 7.33. The fourth-order valence-electron chi connectivity index (χ4n) is 1.65. The van der Waals surface area contributed by atoms with Crippen LogP contribution in [0.2, 0.25) is 10.0 Å². The molecule has 5 heteroatoms. The van der Waals surface area contributed by atoms with E-state index in [1.165, 1.54) is 0 Å². The molecule has 1 amide bonds. The second-order valence-electron chi connectivity index (χ2n) is 4.05. The third kappa shape index (κ3) is 3.61. The highest BCUT2D eigenvalue weighted by atomic mass is 127. The monoisotopic (exact) mass is 405 g/mol. The van der Waals surface area contributed by atoms with Crippen LogP contribution < -0.4 is 5.32 Å². The average Bonchev–Trinajstić information content (AvgIpc) is 2.31. The van der Waals surface area contributed by atoms with Gasteiger partial charge in [0.15, 0.2) is 0 Å². The molecule has 98 valence electrons. The molecule has 0 aromatic heterocycles. The van der Waals surface area contributed by atoms with Crippen LogP contribution in [0.4, 0.5) is 5.69 Å². The Kier molecular flexibility index (Phi) is 4.71. The molecule has 0 heterocycles. The molecule has 0 saturated carbocycles.